The molecule has 1 aliphatic rings. The molecule has 0 saturated heterocycles. The first-order chi connectivity index (χ1) is 15.3. The van der Waals surface area contributed by atoms with Crippen LogP contribution in [0.25, 0.3) is 0 Å². The fourth-order valence-corrected chi connectivity index (χ4v) is 5.17. The third-order valence-electron chi connectivity index (χ3n) is 5.00. The number of aryl methyl sites for hydroxylation is 2. The average Bonchev–Trinajstić information content (AvgIpc) is 3.22. The lowest BCUT2D eigenvalue weighted by Gasteiger charge is -2.29. The summed E-state index contributed by atoms with van der Waals surface area (Å²) >= 11 is 1.16. The van der Waals surface area contributed by atoms with Gasteiger partial charge in [0.1, 0.15) is 5.75 Å². The number of ketones is 1. The number of rotatable bonds is 8. The van der Waals surface area contributed by atoms with Crippen molar-refractivity contribution in [1.82, 2.24) is 10.2 Å². The number of sulfonamides is 1. The summed E-state index contributed by atoms with van der Waals surface area (Å²) in [6, 6.07) is 12.8. The quantitative estimate of drug-likeness (QED) is 0.361. The van der Waals surface area contributed by atoms with Gasteiger partial charge in [-0.25, -0.2) is 8.42 Å². The Morgan fingerprint density at radius 2 is 2.06 bits per heavy atom. The van der Waals surface area contributed by atoms with Crippen LogP contribution in [0.2, 0.25) is 0 Å². The summed E-state index contributed by atoms with van der Waals surface area (Å²) in [5.41, 5.74) is 3.15. The Labute approximate surface area is 191 Å². The molecule has 1 aromatic heterocycles. The predicted octanol–water partition coefficient (Wildman–Crippen LogP) is 3.64. The molecular formula is C22H23N3O5S2. The number of hydrogen-bond acceptors (Lipinski definition) is 8. The third-order valence-corrected chi connectivity index (χ3v) is 7.00. The molecule has 0 bridgehead atoms. The Hall–Kier alpha value is -2.85. The highest BCUT2D eigenvalue weighted by molar-refractivity contribution is 7.99. The van der Waals surface area contributed by atoms with Crippen LogP contribution in [0.15, 0.2) is 52.1 Å². The van der Waals surface area contributed by atoms with Gasteiger partial charge in [-0.2, -0.15) is 0 Å². The van der Waals surface area contributed by atoms with E-state index in [1.165, 1.54) is 10.6 Å². The largest absolute Gasteiger partial charge is 0.484 e. The molecule has 2 aromatic carbocycles. The number of fused-ring (bicyclic) bond motifs is 1. The van der Waals surface area contributed by atoms with E-state index in [0.29, 0.717) is 28.9 Å². The zero-order valence-corrected chi connectivity index (χ0v) is 19.4. The SMILES string of the molecule is Cc1cccc(OCc2nnc(SCC(=O)c3ccc4c(c3)CCCN4S(C)(=O)=O)o2)c1. The van der Waals surface area contributed by atoms with Crippen LogP contribution < -0.4 is 9.04 Å². The van der Waals surface area contributed by atoms with Gasteiger partial charge in [0.2, 0.25) is 10.0 Å². The second-order valence-electron chi connectivity index (χ2n) is 7.56. The van der Waals surface area contributed by atoms with Crippen LogP contribution in [0.1, 0.15) is 33.8 Å². The second-order valence-corrected chi connectivity index (χ2v) is 10.4. The Balaban J connectivity index is 1.35. The van der Waals surface area contributed by atoms with Gasteiger partial charge in [-0.1, -0.05) is 23.9 Å². The maximum Gasteiger partial charge on any atom is 0.277 e. The monoisotopic (exact) mass is 473 g/mol. The van der Waals surface area contributed by atoms with Gasteiger partial charge in [0.05, 0.1) is 17.7 Å². The van der Waals surface area contributed by atoms with Crippen molar-refractivity contribution in [1.29, 1.82) is 0 Å². The lowest BCUT2D eigenvalue weighted by Crippen LogP contribution is -2.34. The van der Waals surface area contributed by atoms with Crippen molar-refractivity contribution in [3.8, 4) is 5.75 Å². The minimum atomic E-state index is -3.33. The Morgan fingerprint density at radius 1 is 1.22 bits per heavy atom. The number of ether oxygens (including phenoxy) is 1. The molecule has 3 aromatic rings. The lowest BCUT2D eigenvalue weighted by molar-refractivity contribution is 0.102. The molecule has 0 spiro atoms. The maximum absolute atomic E-state index is 12.7. The molecule has 168 valence electrons. The number of nitrogens with zero attached hydrogens (tertiary/aromatic N) is 3. The minimum Gasteiger partial charge on any atom is -0.484 e. The van der Waals surface area contributed by atoms with Crippen molar-refractivity contribution in [2.75, 3.05) is 22.9 Å². The van der Waals surface area contributed by atoms with Gasteiger partial charge in [0, 0.05) is 12.1 Å². The van der Waals surface area contributed by atoms with E-state index in [4.69, 9.17) is 9.15 Å². The zero-order valence-electron chi connectivity index (χ0n) is 17.8. The van der Waals surface area contributed by atoms with E-state index in [0.717, 1.165) is 41.5 Å². The molecule has 0 aliphatic carbocycles. The standard InChI is InChI=1S/C22H23N3O5S2/c1-15-5-3-7-18(11-15)29-13-21-23-24-22(30-21)31-14-20(26)17-8-9-19-16(12-17)6-4-10-25(19)32(2,27)28/h3,5,7-9,11-12H,4,6,10,13-14H2,1-2H3. The van der Waals surface area contributed by atoms with Crippen molar-refractivity contribution < 1.29 is 22.4 Å². The van der Waals surface area contributed by atoms with E-state index in [-0.39, 0.29) is 18.1 Å². The van der Waals surface area contributed by atoms with Crippen LogP contribution in [-0.2, 0) is 23.1 Å². The molecule has 10 heteroatoms. The summed E-state index contributed by atoms with van der Waals surface area (Å²) in [6.07, 6.45) is 2.66. The van der Waals surface area contributed by atoms with E-state index >= 15 is 0 Å². The number of anilines is 1. The van der Waals surface area contributed by atoms with E-state index < -0.39 is 10.0 Å². The molecular weight excluding hydrogens is 450 g/mol. The highest BCUT2D eigenvalue weighted by Gasteiger charge is 2.24. The minimum absolute atomic E-state index is 0.0926. The topological polar surface area (TPSA) is 103 Å². The molecule has 8 nitrogen and oxygen atoms in total. The van der Waals surface area contributed by atoms with Gasteiger partial charge in [-0.3, -0.25) is 9.10 Å². The van der Waals surface area contributed by atoms with Crippen molar-refractivity contribution in [3.05, 3.63) is 65.0 Å². The van der Waals surface area contributed by atoms with Crippen LogP contribution in [-0.4, -0.2) is 43.0 Å². The van der Waals surface area contributed by atoms with Gasteiger partial charge in [-0.15, -0.1) is 10.2 Å². The molecule has 0 radical (unpaired) electrons. The molecule has 0 unspecified atom stereocenters. The number of aromatic nitrogens is 2. The summed E-state index contributed by atoms with van der Waals surface area (Å²) in [5.74, 6) is 1.09. The Bertz CT molecular complexity index is 1240. The van der Waals surface area contributed by atoms with Crippen LogP contribution in [0, 0.1) is 6.92 Å². The third kappa shape index (κ3) is 5.31. The molecule has 2 heterocycles. The number of benzene rings is 2. The van der Waals surface area contributed by atoms with Crippen LogP contribution >= 0.6 is 11.8 Å². The number of carbonyl (C=O) groups is 1. The number of carbonyl (C=O) groups excluding carboxylic acids is 1. The number of thioether (sulfide) groups is 1. The molecule has 0 atom stereocenters. The van der Waals surface area contributed by atoms with Crippen LogP contribution in [0.5, 0.6) is 5.75 Å². The highest BCUT2D eigenvalue weighted by Crippen LogP contribution is 2.30. The normalized spacial score (nSPS) is 13.6. The van der Waals surface area contributed by atoms with E-state index in [1.807, 2.05) is 31.2 Å². The van der Waals surface area contributed by atoms with Crippen molar-refractivity contribution in [2.45, 2.75) is 31.6 Å². The lowest BCUT2D eigenvalue weighted by atomic mass is 9.99. The molecule has 0 saturated carbocycles. The molecule has 0 amide bonds. The first kappa shape index (κ1) is 22.3. The molecule has 4 rings (SSSR count). The first-order valence-electron chi connectivity index (χ1n) is 10.1. The van der Waals surface area contributed by atoms with E-state index in [9.17, 15) is 13.2 Å². The van der Waals surface area contributed by atoms with Gasteiger partial charge < -0.3 is 9.15 Å². The summed E-state index contributed by atoms with van der Waals surface area (Å²) in [7, 11) is -3.33. The van der Waals surface area contributed by atoms with Crippen molar-refractivity contribution in [2.24, 2.45) is 0 Å². The summed E-state index contributed by atoms with van der Waals surface area (Å²) in [4.78, 5) is 12.7. The van der Waals surface area contributed by atoms with Crippen LogP contribution in [0.3, 0.4) is 0 Å². The predicted molar refractivity (Wildman–Crippen MR) is 122 cm³/mol. The summed E-state index contributed by atoms with van der Waals surface area (Å²) in [5, 5.41) is 8.21. The summed E-state index contributed by atoms with van der Waals surface area (Å²) in [6.45, 7) is 2.59. The van der Waals surface area contributed by atoms with Crippen molar-refractivity contribution >= 4 is 33.3 Å². The smallest absolute Gasteiger partial charge is 0.277 e. The maximum atomic E-state index is 12.7. The molecule has 32 heavy (non-hydrogen) atoms. The zero-order chi connectivity index (χ0) is 22.7. The fraction of sp³-hybridized carbons (Fsp3) is 0.318. The van der Waals surface area contributed by atoms with Gasteiger partial charge in [0.15, 0.2) is 12.4 Å². The van der Waals surface area contributed by atoms with Gasteiger partial charge in [0.25, 0.3) is 11.1 Å². The summed E-state index contributed by atoms with van der Waals surface area (Å²) < 4.78 is 36.6. The average molecular weight is 474 g/mol. The Morgan fingerprint density at radius 3 is 2.84 bits per heavy atom. The van der Waals surface area contributed by atoms with Crippen molar-refractivity contribution in [3.63, 3.8) is 0 Å². The van der Waals surface area contributed by atoms with Gasteiger partial charge in [-0.05, 0) is 61.2 Å². The van der Waals surface area contributed by atoms with Crippen LogP contribution in [0.4, 0.5) is 5.69 Å². The second kappa shape index (κ2) is 9.33. The van der Waals surface area contributed by atoms with Gasteiger partial charge >= 0.3 is 0 Å². The first-order valence-corrected chi connectivity index (χ1v) is 12.9. The molecule has 0 fully saturated rings. The van der Waals surface area contributed by atoms with E-state index in [1.54, 1.807) is 18.2 Å². The Kier molecular flexibility index (Phi) is 6.52. The van der Waals surface area contributed by atoms with E-state index in [2.05, 4.69) is 10.2 Å². The number of hydrogen-bond donors (Lipinski definition) is 0. The number of Topliss-reactive ketones (excluding diaryl/α,β-unsaturated/α-hetero) is 1. The highest BCUT2D eigenvalue weighted by atomic mass is 32.2. The molecule has 0 N–H and O–H groups in total. The fourth-order valence-electron chi connectivity index (χ4n) is 3.50. The molecule has 1 aliphatic heterocycles.